The van der Waals surface area contributed by atoms with E-state index in [1.807, 2.05) is 0 Å². The first-order valence-corrected chi connectivity index (χ1v) is 8.82. The molecule has 0 bridgehead atoms. The van der Waals surface area contributed by atoms with E-state index < -0.39 is 10.2 Å². The maximum absolute atomic E-state index is 12.2. The number of rotatable bonds is 5. The van der Waals surface area contributed by atoms with Gasteiger partial charge in [-0.3, -0.25) is 0 Å². The van der Waals surface area contributed by atoms with E-state index in [-0.39, 0.29) is 12.5 Å². The zero-order chi connectivity index (χ0) is 13.9. The Labute approximate surface area is 116 Å². The Morgan fingerprint density at radius 2 is 2.05 bits per heavy atom. The fourth-order valence-corrected chi connectivity index (χ4v) is 4.61. The van der Waals surface area contributed by atoms with Gasteiger partial charge in [0.1, 0.15) is 0 Å². The minimum atomic E-state index is -3.37. The quantitative estimate of drug-likeness (QED) is 0.792. The summed E-state index contributed by atoms with van der Waals surface area (Å²) in [5, 5.41) is 9.17. The normalized spacial score (nSPS) is 33.7. The summed E-state index contributed by atoms with van der Waals surface area (Å²) in [5.74, 6) is 1.19. The van der Waals surface area contributed by atoms with Crippen LogP contribution in [0.1, 0.15) is 39.0 Å². The van der Waals surface area contributed by atoms with Gasteiger partial charge in [-0.2, -0.15) is 12.7 Å². The number of hydrogen-bond acceptors (Lipinski definition) is 3. The van der Waals surface area contributed by atoms with E-state index in [0.29, 0.717) is 31.5 Å². The van der Waals surface area contributed by atoms with Crippen molar-refractivity contribution in [2.24, 2.45) is 17.8 Å². The standard InChI is InChI=1S/C13H26N2O3S/c1-11-4-2-6-13(11)8-14-19(17,18)15-7-3-5-12(9-15)10-16/h11-14,16H,2-10H2,1H3. The molecule has 1 heterocycles. The molecule has 0 spiro atoms. The lowest BCUT2D eigenvalue weighted by molar-refractivity contribution is 0.164. The lowest BCUT2D eigenvalue weighted by Crippen LogP contribution is -2.47. The highest BCUT2D eigenvalue weighted by atomic mass is 32.2. The number of aliphatic hydroxyl groups is 1. The van der Waals surface area contributed by atoms with Crippen LogP contribution in [0.2, 0.25) is 0 Å². The Bertz CT molecular complexity index is 385. The summed E-state index contributed by atoms with van der Waals surface area (Å²) in [7, 11) is -3.37. The summed E-state index contributed by atoms with van der Waals surface area (Å²) < 4.78 is 28.7. The Morgan fingerprint density at radius 3 is 2.68 bits per heavy atom. The van der Waals surface area contributed by atoms with E-state index >= 15 is 0 Å². The van der Waals surface area contributed by atoms with Gasteiger partial charge in [-0.05, 0) is 37.0 Å². The van der Waals surface area contributed by atoms with Gasteiger partial charge in [-0.25, -0.2) is 4.72 Å². The molecule has 3 unspecified atom stereocenters. The molecule has 112 valence electrons. The van der Waals surface area contributed by atoms with Crippen molar-refractivity contribution in [2.75, 3.05) is 26.2 Å². The SMILES string of the molecule is CC1CCCC1CNS(=O)(=O)N1CCCC(CO)C1. The third-order valence-electron chi connectivity index (χ3n) is 4.65. The van der Waals surface area contributed by atoms with Crippen molar-refractivity contribution < 1.29 is 13.5 Å². The molecule has 3 atom stereocenters. The lowest BCUT2D eigenvalue weighted by Gasteiger charge is -2.31. The van der Waals surface area contributed by atoms with Crippen LogP contribution in [0.15, 0.2) is 0 Å². The van der Waals surface area contributed by atoms with Crippen molar-refractivity contribution in [3.05, 3.63) is 0 Å². The van der Waals surface area contributed by atoms with E-state index in [1.54, 1.807) is 0 Å². The van der Waals surface area contributed by atoms with Crippen LogP contribution in [-0.4, -0.2) is 44.1 Å². The maximum Gasteiger partial charge on any atom is 0.279 e. The minimum Gasteiger partial charge on any atom is -0.396 e. The number of nitrogens with zero attached hydrogens (tertiary/aromatic N) is 1. The van der Waals surface area contributed by atoms with Gasteiger partial charge in [0, 0.05) is 26.2 Å². The van der Waals surface area contributed by atoms with Crippen LogP contribution < -0.4 is 4.72 Å². The van der Waals surface area contributed by atoms with Crippen molar-refractivity contribution in [1.82, 2.24) is 9.03 Å². The number of nitrogens with one attached hydrogen (secondary N) is 1. The average molecular weight is 290 g/mol. The predicted molar refractivity (Wildman–Crippen MR) is 74.8 cm³/mol. The molecular formula is C13H26N2O3S. The summed E-state index contributed by atoms with van der Waals surface area (Å²) in [6.07, 6.45) is 5.31. The first-order chi connectivity index (χ1) is 9.03. The van der Waals surface area contributed by atoms with Crippen molar-refractivity contribution >= 4 is 10.2 Å². The monoisotopic (exact) mass is 290 g/mol. The third kappa shape index (κ3) is 3.90. The van der Waals surface area contributed by atoms with Gasteiger partial charge in [-0.1, -0.05) is 19.8 Å². The molecule has 2 N–H and O–H groups in total. The molecule has 1 saturated carbocycles. The van der Waals surface area contributed by atoms with Gasteiger partial charge in [0.2, 0.25) is 0 Å². The lowest BCUT2D eigenvalue weighted by atomic mass is 9.99. The highest BCUT2D eigenvalue weighted by Crippen LogP contribution is 2.30. The second kappa shape index (κ2) is 6.52. The van der Waals surface area contributed by atoms with E-state index in [1.165, 1.54) is 17.1 Å². The first-order valence-electron chi connectivity index (χ1n) is 7.38. The molecule has 1 aliphatic heterocycles. The smallest absolute Gasteiger partial charge is 0.279 e. The molecule has 1 saturated heterocycles. The molecular weight excluding hydrogens is 264 g/mol. The van der Waals surface area contributed by atoms with E-state index in [2.05, 4.69) is 11.6 Å². The summed E-state index contributed by atoms with van der Waals surface area (Å²) in [4.78, 5) is 0. The molecule has 5 nitrogen and oxygen atoms in total. The van der Waals surface area contributed by atoms with E-state index in [0.717, 1.165) is 19.3 Å². The van der Waals surface area contributed by atoms with Crippen molar-refractivity contribution in [2.45, 2.75) is 39.0 Å². The fourth-order valence-electron chi connectivity index (χ4n) is 3.22. The van der Waals surface area contributed by atoms with Crippen LogP contribution in [0.4, 0.5) is 0 Å². The van der Waals surface area contributed by atoms with Crippen LogP contribution in [0.3, 0.4) is 0 Å². The van der Waals surface area contributed by atoms with Gasteiger partial charge >= 0.3 is 0 Å². The van der Waals surface area contributed by atoms with Gasteiger partial charge in [0.05, 0.1) is 0 Å². The highest BCUT2D eigenvalue weighted by Gasteiger charge is 2.30. The molecule has 2 aliphatic rings. The molecule has 0 aromatic carbocycles. The molecule has 2 rings (SSSR count). The fraction of sp³-hybridized carbons (Fsp3) is 1.00. The van der Waals surface area contributed by atoms with Crippen molar-refractivity contribution in [3.63, 3.8) is 0 Å². The minimum absolute atomic E-state index is 0.0751. The maximum atomic E-state index is 12.2. The molecule has 0 aromatic heterocycles. The van der Waals surface area contributed by atoms with Crippen LogP contribution in [-0.2, 0) is 10.2 Å². The van der Waals surface area contributed by atoms with Gasteiger partial charge in [0.25, 0.3) is 10.2 Å². The largest absolute Gasteiger partial charge is 0.396 e. The molecule has 0 amide bonds. The van der Waals surface area contributed by atoms with Gasteiger partial charge < -0.3 is 5.11 Å². The summed E-state index contributed by atoms with van der Waals surface area (Å²) in [5.41, 5.74) is 0. The Kier molecular flexibility index (Phi) is 5.22. The number of piperidine rings is 1. The number of hydrogen-bond donors (Lipinski definition) is 2. The summed E-state index contributed by atoms with van der Waals surface area (Å²) in [6, 6.07) is 0. The van der Waals surface area contributed by atoms with Crippen LogP contribution in [0.5, 0.6) is 0 Å². The first kappa shape index (κ1) is 15.2. The second-order valence-corrected chi connectivity index (χ2v) is 7.83. The van der Waals surface area contributed by atoms with E-state index in [9.17, 15) is 8.42 Å². The highest BCUT2D eigenvalue weighted by molar-refractivity contribution is 7.87. The number of aliphatic hydroxyl groups excluding tert-OH is 1. The van der Waals surface area contributed by atoms with Crippen molar-refractivity contribution in [3.8, 4) is 0 Å². The Hall–Kier alpha value is -0.170. The van der Waals surface area contributed by atoms with Gasteiger partial charge in [-0.15, -0.1) is 0 Å². The summed E-state index contributed by atoms with van der Waals surface area (Å²) in [6.45, 7) is 3.86. The topological polar surface area (TPSA) is 69.6 Å². The predicted octanol–water partition coefficient (Wildman–Crippen LogP) is 0.961. The Balaban J connectivity index is 1.87. The average Bonchev–Trinajstić information content (AvgIpc) is 2.82. The molecule has 0 radical (unpaired) electrons. The Morgan fingerprint density at radius 1 is 1.26 bits per heavy atom. The van der Waals surface area contributed by atoms with E-state index in [4.69, 9.17) is 5.11 Å². The van der Waals surface area contributed by atoms with Crippen LogP contribution in [0, 0.1) is 17.8 Å². The zero-order valence-corrected chi connectivity index (χ0v) is 12.5. The molecule has 2 fully saturated rings. The van der Waals surface area contributed by atoms with Gasteiger partial charge in [0.15, 0.2) is 0 Å². The molecule has 1 aliphatic carbocycles. The van der Waals surface area contributed by atoms with Crippen LogP contribution in [0.25, 0.3) is 0 Å². The summed E-state index contributed by atoms with van der Waals surface area (Å²) >= 11 is 0. The molecule has 19 heavy (non-hydrogen) atoms. The van der Waals surface area contributed by atoms with Crippen molar-refractivity contribution in [1.29, 1.82) is 0 Å². The molecule has 6 heteroatoms. The third-order valence-corrected chi connectivity index (χ3v) is 6.19. The van der Waals surface area contributed by atoms with Crippen LogP contribution >= 0.6 is 0 Å². The zero-order valence-electron chi connectivity index (χ0n) is 11.7. The second-order valence-electron chi connectivity index (χ2n) is 6.07. The molecule has 0 aromatic rings.